The maximum atomic E-state index is 14.6. The summed E-state index contributed by atoms with van der Waals surface area (Å²) in [6.07, 6.45) is -0.131. The Morgan fingerprint density at radius 2 is 1.19 bits per heavy atom. The number of methoxy groups -OCH3 is 2. The molecule has 4 aromatic carbocycles. The van der Waals surface area contributed by atoms with Gasteiger partial charge in [0, 0.05) is 91.2 Å². The van der Waals surface area contributed by atoms with Crippen LogP contribution in [-0.2, 0) is 38.5 Å². The first-order valence-electron chi connectivity index (χ1n) is 27.6. The molecule has 0 radical (unpaired) electrons. The number of piperidine rings is 2. The van der Waals surface area contributed by atoms with Crippen molar-refractivity contribution in [2.75, 3.05) is 90.8 Å². The molecule has 2 aliphatic rings. The molecule has 2 saturated heterocycles. The molecule has 0 atom stereocenters. The molecule has 2 fully saturated rings. The summed E-state index contributed by atoms with van der Waals surface area (Å²) in [7, 11) is -5.03. The van der Waals surface area contributed by atoms with Crippen molar-refractivity contribution in [2.24, 2.45) is 0 Å². The van der Waals surface area contributed by atoms with E-state index in [1.807, 2.05) is 36.4 Å². The summed E-state index contributed by atoms with van der Waals surface area (Å²) in [5.74, 6) is 12.3. The van der Waals surface area contributed by atoms with Crippen LogP contribution >= 0.6 is 0 Å². The molecular weight excluding hydrogens is 1160 g/mol. The van der Waals surface area contributed by atoms with E-state index in [2.05, 4.69) is 64.7 Å². The third kappa shape index (κ3) is 14.5. The van der Waals surface area contributed by atoms with Gasteiger partial charge >= 0.3 is 12.4 Å². The van der Waals surface area contributed by atoms with E-state index in [1.54, 1.807) is 36.8 Å². The highest BCUT2D eigenvalue weighted by Gasteiger charge is 2.33. The number of ether oxygens (including phenoxy) is 2. The van der Waals surface area contributed by atoms with E-state index in [9.17, 15) is 43.2 Å². The molecule has 0 spiro atoms. The fourth-order valence-electron chi connectivity index (χ4n) is 10.9. The monoisotopic (exact) mass is 1220 g/mol. The Labute approximate surface area is 494 Å². The molecule has 0 amide bonds. The van der Waals surface area contributed by atoms with Gasteiger partial charge in [0.2, 0.25) is 0 Å². The average molecular weight is 1220 g/mol. The highest BCUT2D eigenvalue weighted by molar-refractivity contribution is 7.91. The lowest BCUT2D eigenvalue weighted by Crippen LogP contribution is -2.39. The predicted octanol–water partition coefficient (Wildman–Crippen LogP) is 11.0. The van der Waals surface area contributed by atoms with Crippen molar-refractivity contribution in [2.45, 2.75) is 78.8 Å². The number of nitrogens with one attached hydrogen (secondary N) is 4. The van der Waals surface area contributed by atoms with Crippen LogP contribution in [0.2, 0.25) is 0 Å². The Balaban J connectivity index is 0.894. The van der Waals surface area contributed by atoms with Crippen LogP contribution in [0.25, 0.3) is 21.8 Å². The standard InChI is InChI=1S/C62H62F6N10O6S2/c1-83-57-36-48(85(3,79)80)17-19-53(57)70-29-9-11-46-35-51-56(78(46)41-62(66,67)68)21-16-42(60(51)74-44-22-30-75(31-23-44)47-12-7-26-69-38-47)39-86(81,82)49-18-20-54(58(37-49)84-2)71-28-8-10-45-34-50-52(13-6-14-55(50)77(45)40-61(63,64)65)73-43-24-32-76(33-25-43)59-15-4-5-27-72-59/h4-7,12-21,26-27,34-38,43-44,70-71,73-74H,22-25,28-33,39-41H2,1-3H3. The average Bonchev–Trinajstić information content (AvgIpc) is 1.77. The van der Waals surface area contributed by atoms with E-state index in [-0.39, 0.29) is 63.4 Å². The molecule has 24 heteroatoms. The molecule has 0 saturated carbocycles. The number of hydrogen-bond acceptors (Lipinski definition) is 14. The van der Waals surface area contributed by atoms with Crippen molar-refractivity contribution in [1.82, 2.24) is 19.1 Å². The first-order chi connectivity index (χ1) is 41.1. The highest BCUT2D eigenvalue weighted by Crippen LogP contribution is 2.38. The number of benzene rings is 4. The molecule has 16 nitrogen and oxygen atoms in total. The van der Waals surface area contributed by atoms with Gasteiger partial charge in [0.05, 0.1) is 88.5 Å². The van der Waals surface area contributed by atoms with Crippen molar-refractivity contribution in [3.8, 4) is 35.2 Å². The van der Waals surface area contributed by atoms with Crippen LogP contribution in [0.4, 0.5) is 60.6 Å². The Kier molecular flexibility index (Phi) is 17.9. The van der Waals surface area contributed by atoms with Gasteiger partial charge in [0.15, 0.2) is 19.7 Å². The topological polar surface area (TPSA) is 177 Å². The van der Waals surface area contributed by atoms with E-state index in [1.165, 1.54) is 68.8 Å². The summed E-state index contributed by atoms with van der Waals surface area (Å²) in [5, 5.41) is 14.2. The summed E-state index contributed by atoms with van der Waals surface area (Å²) in [5.41, 5.74) is 3.75. The Morgan fingerprint density at radius 3 is 1.76 bits per heavy atom. The van der Waals surface area contributed by atoms with Gasteiger partial charge in [-0.05, 0) is 122 Å². The van der Waals surface area contributed by atoms with Gasteiger partial charge in [-0.1, -0.05) is 30.0 Å². The number of halogens is 6. The lowest BCUT2D eigenvalue weighted by Gasteiger charge is -2.34. The maximum absolute atomic E-state index is 14.6. The van der Waals surface area contributed by atoms with Gasteiger partial charge in [-0.3, -0.25) is 4.98 Å². The number of sulfone groups is 2. The third-order valence-corrected chi connectivity index (χ3v) is 17.9. The first-order valence-corrected chi connectivity index (χ1v) is 31.2. The zero-order valence-electron chi connectivity index (χ0n) is 47.2. The minimum Gasteiger partial charge on any atom is -0.495 e. The number of aromatic nitrogens is 4. The van der Waals surface area contributed by atoms with Crippen LogP contribution in [0.5, 0.6) is 11.5 Å². The van der Waals surface area contributed by atoms with Crippen LogP contribution in [0, 0.1) is 23.7 Å². The van der Waals surface area contributed by atoms with Crippen molar-refractivity contribution in [1.29, 1.82) is 0 Å². The second-order valence-electron chi connectivity index (χ2n) is 21.0. The minimum atomic E-state index is -4.67. The van der Waals surface area contributed by atoms with Crippen LogP contribution < -0.4 is 40.5 Å². The molecule has 450 valence electrons. The van der Waals surface area contributed by atoms with Gasteiger partial charge in [-0.25, -0.2) is 21.8 Å². The number of nitrogens with zero attached hydrogens (tertiary/aromatic N) is 6. The largest absolute Gasteiger partial charge is 0.495 e. The van der Waals surface area contributed by atoms with E-state index in [0.29, 0.717) is 70.5 Å². The molecule has 6 heterocycles. The van der Waals surface area contributed by atoms with E-state index in [4.69, 9.17) is 9.47 Å². The number of alkyl halides is 6. The van der Waals surface area contributed by atoms with E-state index < -0.39 is 50.9 Å². The van der Waals surface area contributed by atoms with Crippen molar-refractivity contribution >= 4 is 75.7 Å². The molecule has 0 bridgehead atoms. The SMILES string of the molecule is COc1cc(S(C)(=O)=O)ccc1NCC#Cc1cc2c(NC3CCN(c4cccnc4)CC3)c(CS(=O)(=O)c3ccc(NCC#Cc4cc5c(NC6CCN(c7ccccn7)CC6)cccc5n4CC(F)(F)F)c(OC)c3)ccc2n1CC(F)(F)F. The Hall–Kier alpha value is -8.74. The van der Waals surface area contributed by atoms with E-state index in [0.717, 1.165) is 52.8 Å². The zero-order chi connectivity index (χ0) is 60.8. The fraction of sp³-hybridized carbons (Fsp3) is 0.323. The highest BCUT2D eigenvalue weighted by atomic mass is 32.2. The lowest BCUT2D eigenvalue weighted by molar-refractivity contribution is -0.140. The van der Waals surface area contributed by atoms with Gasteiger partial charge in [-0.15, -0.1) is 0 Å². The lowest BCUT2D eigenvalue weighted by atomic mass is 10.0. The quantitative estimate of drug-likeness (QED) is 0.0471. The van der Waals surface area contributed by atoms with Crippen LogP contribution in [0.15, 0.2) is 138 Å². The summed E-state index contributed by atoms with van der Waals surface area (Å²) >= 11 is 0. The molecule has 4 aromatic heterocycles. The van der Waals surface area contributed by atoms with Crippen LogP contribution in [-0.4, -0.2) is 120 Å². The van der Waals surface area contributed by atoms with E-state index >= 15 is 0 Å². The maximum Gasteiger partial charge on any atom is 0.406 e. The molecule has 10 rings (SSSR count). The van der Waals surface area contributed by atoms with Crippen LogP contribution in [0.1, 0.15) is 42.6 Å². The third-order valence-electron chi connectivity index (χ3n) is 15.1. The first kappa shape index (κ1) is 60.4. The van der Waals surface area contributed by atoms with Crippen molar-refractivity contribution in [3.63, 3.8) is 0 Å². The second-order valence-corrected chi connectivity index (χ2v) is 25.0. The molecule has 2 aliphatic heterocycles. The summed E-state index contributed by atoms with van der Waals surface area (Å²) in [6.45, 7) is -0.00372. The second kappa shape index (κ2) is 25.5. The summed E-state index contributed by atoms with van der Waals surface area (Å²) < 4.78 is 152. The van der Waals surface area contributed by atoms with Crippen LogP contribution in [0.3, 0.4) is 0 Å². The molecule has 4 N–H and O–H groups in total. The molecule has 8 aromatic rings. The van der Waals surface area contributed by atoms with Gasteiger partial charge in [0.25, 0.3) is 0 Å². The number of pyridine rings is 2. The van der Waals surface area contributed by atoms with Gasteiger partial charge in [-0.2, -0.15) is 26.3 Å². The number of anilines is 6. The molecule has 0 unspecified atom stereocenters. The predicted molar refractivity (Wildman–Crippen MR) is 323 cm³/mol. The Bertz CT molecular complexity index is 4110. The van der Waals surface area contributed by atoms with Crippen molar-refractivity contribution < 1.29 is 52.7 Å². The normalized spacial score (nSPS) is 14.5. The van der Waals surface area contributed by atoms with Gasteiger partial charge < -0.3 is 49.7 Å². The van der Waals surface area contributed by atoms with Gasteiger partial charge in [0.1, 0.15) is 30.4 Å². The number of hydrogen-bond donors (Lipinski definition) is 4. The molecule has 86 heavy (non-hydrogen) atoms. The fourth-order valence-corrected chi connectivity index (χ4v) is 12.9. The zero-order valence-corrected chi connectivity index (χ0v) is 48.8. The summed E-state index contributed by atoms with van der Waals surface area (Å²) in [4.78, 5) is 13.0. The number of rotatable bonds is 18. The van der Waals surface area contributed by atoms with Crippen molar-refractivity contribution in [3.05, 3.63) is 145 Å². The Morgan fingerprint density at radius 1 is 0.605 bits per heavy atom. The smallest absolute Gasteiger partial charge is 0.406 e. The summed E-state index contributed by atoms with van der Waals surface area (Å²) in [6, 6.07) is 29.3. The molecular formula is C62H62F6N10O6S2. The minimum absolute atomic E-state index is 0.0143. The molecule has 0 aliphatic carbocycles. The number of fused-ring (bicyclic) bond motifs is 2.